The molecule has 0 saturated heterocycles. The average Bonchev–Trinajstić information content (AvgIpc) is 2.40. The van der Waals surface area contributed by atoms with Gasteiger partial charge in [0.1, 0.15) is 0 Å². The predicted molar refractivity (Wildman–Crippen MR) is 76.3 cm³/mol. The van der Waals surface area contributed by atoms with Crippen LogP contribution in [0, 0.1) is 18.8 Å². The first-order chi connectivity index (χ1) is 8.72. The SMILES string of the molecule is CCCC1CCC(C(N)c2cnccc2C)CC1. The van der Waals surface area contributed by atoms with Gasteiger partial charge in [0.25, 0.3) is 0 Å². The Bertz CT molecular complexity index is 367. The molecule has 0 radical (unpaired) electrons. The summed E-state index contributed by atoms with van der Waals surface area (Å²) in [7, 11) is 0. The number of hydrogen-bond acceptors (Lipinski definition) is 2. The van der Waals surface area contributed by atoms with Gasteiger partial charge in [-0.05, 0) is 48.8 Å². The van der Waals surface area contributed by atoms with Crippen LogP contribution in [0.1, 0.15) is 62.6 Å². The third kappa shape index (κ3) is 3.11. The van der Waals surface area contributed by atoms with Crippen LogP contribution in [0.2, 0.25) is 0 Å². The number of aromatic nitrogens is 1. The highest BCUT2D eigenvalue weighted by molar-refractivity contribution is 5.25. The average molecular weight is 246 g/mol. The molecule has 1 heterocycles. The van der Waals surface area contributed by atoms with Crippen molar-refractivity contribution in [3.05, 3.63) is 29.6 Å². The van der Waals surface area contributed by atoms with Crippen LogP contribution < -0.4 is 5.73 Å². The quantitative estimate of drug-likeness (QED) is 0.872. The Morgan fingerprint density at radius 1 is 1.33 bits per heavy atom. The van der Waals surface area contributed by atoms with Gasteiger partial charge < -0.3 is 5.73 Å². The molecule has 0 amide bonds. The van der Waals surface area contributed by atoms with Crippen molar-refractivity contribution in [1.29, 1.82) is 0 Å². The fourth-order valence-electron chi connectivity index (χ4n) is 3.32. The van der Waals surface area contributed by atoms with Crippen LogP contribution in [-0.2, 0) is 0 Å². The van der Waals surface area contributed by atoms with Crippen molar-refractivity contribution >= 4 is 0 Å². The minimum Gasteiger partial charge on any atom is -0.324 e. The molecule has 1 aromatic heterocycles. The lowest BCUT2D eigenvalue weighted by Gasteiger charge is -2.32. The van der Waals surface area contributed by atoms with Gasteiger partial charge in [0, 0.05) is 18.4 Å². The van der Waals surface area contributed by atoms with E-state index in [-0.39, 0.29) is 6.04 Å². The maximum absolute atomic E-state index is 6.45. The molecule has 1 aromatic rings. The molecule has 1 saturated carbocycles. The van der Waals surface area contributed by atoms with Gasteiger partial charge in [-0.1, -0.05) is 32.6 Å². The normalized spacial score (nSPS) is 25.9. The summed E-state index contributed by atoms with van der Waals surface area (Å²) in [5.41, 5.74) is 8.98. The molecule has 0 aromatic carbocycles. The number of hydrogen-bond donors (Lipinski definition) is 1. The van der Waals surface area contributed by atoms with Gasteiger partial charge in [-0.25, -0.2) is 0 Å². The molecule has 1 aliphatic rings. The molecule has 1 fully saturated rings. The van der Waals surface area contributed by atoms with E-state index >= 15 is 0 Å². The first-order valence-corrected chi connectivity index (χ1v) is 7.38. The van der Waals surface area contributed by atoms with Crippen molar-refractivity contribution in [2.75, 3.05) is 0 Å². The lowest BCUT2D eigenvalue weighted by atomic mass is 9.75. The second-order valence-corrected chi connectivity index (χ2v) is 5.83. The van der Waals surface area contributed by atoms with E-state index in [1.165, 1.54) is 49.7 Å². The summed E-state index contributed by atoms with van der Waals surface area (Å²) in [6.07, 6.45) is 11.8. The smallest absolute Gasteiger partial charge is 0.0341 e. The third-order valence-electron chi connectivity index (χ3n) is 4.53. The number of pyridine rings is 1. The Labute approximate surface area is 111 Å². The van der Waals surface area contributed by atoms with Crippen LogP contribution in [-0.4, -0.2) is 4.98 Å². The molecule has 18 heavy (non-hydrogen) atoms. The maximum atomic E-state index is 6.45. The van der Waals surface area contributed by atoms with Gasteiger partial charge in [-0.15, -0.1) is 0 Å². The Kier molecular flexibility index (Phi) is 4.76. The van der Waals surface area contributed by atoms with E-state index in [4.69, 9.17) is 5.73 Å². The Morgan fingerprint density at radius 3 is 2.67 bits per heavy atom. The van der Waals surface area contributed by atoms with E-state index in [0.717, 1.165) is 5.92 Å². The summed E-state index contributed by atoms with van der Waals surface area (Å²) in [4.78, 5) is 4.23. The fourth-order valence-corrected chi connectivity index (χ4v) is 3.32. The molecular formula is C16H26N2. The van der Waals surface area contributed by atoms with Gasteiger partial charge in [0.05, 0.1) is 0 Å². The van der Waals surface area contributed by atoms with Crippen molar-refractivity contribution in [2.24, 2.45) is 17.6 Å². The second kappa shape index (κ2) is 6.33. The highest BCUT2D eigenvalue weighted by Crippen LogP contribution is 2.37. The topological polar surface area (TPSA) is 38.9 Å². The van der Waals surface area contributed by atoms with E-state index in [0.29, 0.717) is 5.92 Å². The number of rotatable bonds is 4. The van der Waals surface area contributed by atoms with E-state index in [2.05, 4.69) is 24.9 Å². The van der Waals surface area contributed by atoms with Crippen molar-refractivity contribution < 1.29 is 0 Å². The van der Waals surface area contributed by atoms with Gasteiger partial charge >= 0.3 is 0 Å². The zero-order valence-corrected chi connectivity index (χ0v) is 11.7. The molecule has 0 spiro atoms. The Balaban J connectivity index is 1.95. The molecule has 0 aliphatic heterocycles. The summed E-state index contributed by atoms with van der Waals surface area (Å²) in [6.45, 7) is 4.43. The number of aryl methyl sites for hydroxylation is 1. The summed E-state index contributed by atoms with van der Waals surface area (Å²) in [5, 5.41) is 0. The van der Waals surface area contributed by atoms with Crippen molar-refractivity contribution in [3.8, 4) is 0 Å². The van der Waals surface area contributed by atoms with Gasteiger partial charge in [0.2, 0.25) is 0 Å². The maximum Gasteiger partial charge on any atom is 0.0341 e. The van der Waals surface area contributed by atoms with Crippen molar-refractivity contribution in [1.82, 2.24) is 4.98 Å². The lowest BCUT2D eigenvalue weighted by Crippen LogP contribution is -2.26. The van der Waals surface area contributed by atoms with Gasteiger partial charge in [0.15, 0.2) is 0 Å². The van der Waals surface area contributed by atoms with Gasteiger partial charge in [-0.3, -0.25) is 4.98 Å². The van der Waals surface area contributed by atoms with Crippen LogP contribution in [0.3, 0.4) is 0 Å². The standard InChI is InChI=1S/C16H26N2/c1-3-4-13-5-7-14(8-6-13)16(17)15-11-18-10-9-12(15)2/h9-11,13-14,16H,3-8,17H2,1-2H3. The largest absolute Gasteiger partial charge is 0.324 e. The molecule has 2 rings (SSSR count). The third-order valence-corrected chi connectivity index (χ3v) is 4.53. The molecule has 2 heteroatoms. The van der Waals surface area contributed by atoms with E-state index in [1.54, 1.807) is 0 Å². The summed E-state index contributed by atoms with van der Waals surface area (Å²) in [6, 6.07) is 2.25. The zero-order chi connectivity index (χ0) is 13.0. The van der Waals surface area contributed by atoms with Crippen LogP contribution in [0.4, 0.5) is 0 Å². The highest BCUT2D eigenvalue weighted by atomic mass is 14.7. The molecule has 100 valence electrons. The van der Waals surface area contributed by atoms with Crippen LogP contribution in [0.15, 0.2) is 18.5 Å². The van der Waals surface area contributed by atoms with Crippen LogP contribution in [0.5, 0.6) is 0 Å². The molecule has 1 atom stereocenters. The lowest BCUT2D eigenvalue weighted by molar-refractivity contribution is 0.234. The zero-order valence-electron chi connectivity index (χ0n) is 11.7. The monoisotopic (exact) mass is 246 g/mol. The second-order valence-electron chi connectivity index (χ2n) is 5.83. The van der Waals surface area contributed by atoms with Crippen molar-refractivity contribution in [2.45, 2.75) is 58.4 Å². The first kappa shape index (κ1) is 13.5. The van der Waals surface area contributed by atoms with Crippen LogP contribution >= 0.6 is 0 Å². The van der Waals surface area contributed by atoms with Gasteiger partial charge in [-0.2, -0.15) is 0 Å². The minimum atomic E-state index is 0.182. The van der Waals surface area contributed by atoms with Crippen LogP contribution in [0.25, 0.3) is 0 Å². The highest BCUT2D eigenvalue weighted by Gasteiger charge is 2.26. The molecule has 1 aliphatic carbocycles. The predicted octanol–water partition coefficient (Wildman–Crippen LogP) is 4.00. The summed E-state index contributed by atoms with van der Waals surface area (Å²) >= 11 is 0. The summed E-state index contributed by atoms with van der Waals surface area (Å²) < 4.78 is 0. The molecule has 2 nitrogen and oxygen atoms in total. The van der Waals surface area contributed by atoms with E-state index in [1.807, 2.05) is 12.4 Å². The molecule has 2 N–H and O–H groups in total. The van der Waals surface area contributed by atoms with Crippen molar-refractivity contribution in [3.63, 3.8) is 0 Å². The number of nitrogens with zero attached hydrogens (tertiary/aromatic N) is 1. The Hall–Kier alpha value is -0.890. The molecule has 0 bridgehead atoms. The Morgan fingerprint density at radius 2 is 2.06 bits per heavy atom. The summed E-state index contributed by atoms with van der Waals surface area (Å²) in [5.74, 6) is 1.61. The number of nitrogens with two attached hydrogens (primary N) is 1. The molecule has 1 unspecified atom stereocenters. The van der Waals surface area contributed by atoms with E-state index in [9.17, 15) is 0 Å². The van der Waals surface area contributed by atoms with E-state index < -0.39 is 0 Å². The fraction of sp³-hybridized carbons (Fsp3) is 0.688. The minimum absolute atomic E-state index is 0.182. The first-order valence-electron chi connectivity index (χ1n) is 7.38. The molecular weight excluding hydrogens is 220 g/mol.